The van der Waals surface area contributed by atoms with E-state index in [0.717, 1.165) is 16.9 Å². The first kappa shape index (κ1) is 21.8. The quantitative estimate of drug-likeness (QED) is 0.643. The van der Waals surface area contributed by atoms with Gasteiger partial charge in [0.1, 0.15) is 5.75 Å². The maximum atomic E-state index is 12.5. The summed E-state index contributed by atoms with van der Waals surface area (Å²) in [5.41, 5.74) is 1.91. The van der Waals surface area contributed by atoms with E-state index in [2.05, 4.69) is 5.32 Å². The van der Waals surface area contributed by atoms with Gasteiger partial charge in [-0.05, 0) is 47.7 Å². The van der Waals surface area contributed by atoms with Crippen LogP contribution in [-0.2, 0) is 20.7 Å². The van der Waals surface area contributed by atoms with Crippen molar-refractivity contribution in [1.82, 2.24) is 5.32 Å². The fraction of sp³-hybridized carbons (Fsp3) is 0.364. The molecule has 0 aliphatic rings. The van der Waals surface area contributed by atoms with Crippen molar-refractivity contribution < 1.29 is 19.1 Å². The minimum absolute atomic E-state index is 0.0341. The van der Waals surface area contributed by atoms with Crippen LogP contribution in [0.3, 0.4) is 0 Å². The number of nitrogens with one attached hydrogen (secondary N) is 1. The Labute approximate surface area is 171 Å². The van der Waals surface area contributed by atoms with Gasteiger partial charge in [-0.2, -0.15) is 0 Å². The Kier molecular flexibility index (Phi) is 8.33. The van der Waals surface area contributed by atoms with Crippen LogP contribution in [0.15, 0.2) is 48.5 Å². The van der Waals surface area contributed by atoms with Crippen LogP contribution >= 0.6 is 11.6 Å². The SMILES string of the molecule is COc1ccc(CCNC(=O)COC(=O)[C@H](c2ccc(Cl)cc2)C(C)C)cc1. The molecule has 1 amide bonds. The highest BCUT2D eigenvalue weighted by Crippen LogP contribution is 2.27. The first-order chi connectivity index (χ1) is 13.4. The Morgan fingerprint density at radius 2 is 1.68 bits per heavy atom. The van der Waals surface area contributed by atoms with Gasteiger partial charge in [0.15, 0.2) is 6.61 Å². The van der Waals surface area contributed by atoms with Crippen LogP contribution in [0.25, 0.3) is 0 Å². The van der Waals surface area contributed by atoms with Gasteiger partial charge in [-0.1, -0.05) is 49.7 Å². The predicted octanol–water partition coefficient (Wildman–Crippen LogP) is 3.99. The Balaban J connectivity index is 1.79. The maximum absolute atomic E-state index is 12.5. The van der Waals surface area contributed by atoms with Crippen molar-refractivity contribution in [2.45, 2.75) is 26.2 Å². The van der Waals surface area contributed by atoms with Crippen molar-refractivity contribution in [3.05, 3.63) is 64.7 Å². The number of halogens is 1. The number of carbonyl (C=O) groups is 2. The fourth-order valence-corrected chi connectivity index (χ4v) is 3.01. The summed E-state index contributed by atoms with van der Waals surface area (Å²) < 4.78 is 10.4. The molecule has 0 aliphatic heterocycles. The number of ether oxygens (including phenoxy) is 2. The molecule has 1 N–H and O–H groups in total. The number of benzene rings is 2. The number of methoxy groups -OCH3 is 1. The molecule has 6 heteroatoms. The summed E-state index contributed by atoms with van der Waals surface area (Å²) in [7, 11) is 1.62. The number of hydrogen-bond donors (Lipinski definition) is 1. The van der Waals surface area contributed by atoms with E-state index in [9.17, 15) is 9.59 Å². The van der Waals surface area contributed by atoms with Gasteiger partial charge in [0.2, 0.25) is 0 Å². The Morgan fingerprint density at radius 3 is 2.25 bits per heavy atom. The summed E-state index contributed by atoms with van der Waals surface area (Å²) in [6.07, 6.45) is 0.684. The summed E-state index contributed by atoms with van der Waals surface area (Å²) in [5.74, 6) is -0.348. The van der Waals surface area contributed by atoms with Crippen molar-refractivity contribution in [2.24, 2.45) is 5.92 Å². The van der Waals surface area contributed by atoms with Crippen LogP contribution in [0.1, 0.15) is 30.9 Å². The summed E-state index contributed by atoms with van der Waals surface area (Å²) in [4.78, 5) is 24.5. The Hall–Kier alpha value is -2.53. The molecule has 0 radical (unpaired) electrons. The summed E-state index contributed by atoms with van der Waals surface area (Å²) in [5, 5.41) is 3.37. The van der Waals surface area contributed by atoms with Crippen molar-refractivity contribution in [3.8, 4) is 5.75 Å². The van der Waals surface area contributed by atoms with Gasteiger partial charge in [-0.3, -0.25) is 9.59 Å². The molecule has 0 spiro atoms. The van der Waals surface area contributed by atoms with Gasteiger partial charge in [0.05, 0.1) is 13.0 Å². The molecule has 2 aromatic rings. The summed E-state index contributed by atoms with van der Waals surface area (Å²) >= 11 is 5.91. The molecule has 0 saturated carbocycles. The van der Waals surface area contributed by atoms with E-state index in [4.69, 9.17) is 21.1 Å². The normalized spacial score (nSPS) is 11.8. The molecular formula is C22H26ClNO4. The van der Waals surface area contributed by atoms with Crippen LogP contribution in [0.4, 0.5) is 0 Å². The summed E-state index contributed by atoms with van der Waals surface area (Å²) in [6.45, 7) is 4.05. The van der Waals surface area contributed by atoms with Gasteiger partial charge >= 0.3 is 5.97 Å². The first-order valence-electron chi connectivity index (χ1n) is 9.22. The second-order valence-electron chi connectivity index (χ2n) is 6.83. The lowest BCUT2D eigenvalue weighted by atomic mass is 9.88. The maximum Gasteiger partial charge on any atom is 0.314 e. The van der Waals surface area contributed by atoms with Crippen molar-refractivity contribution >= 4 is 23.5 Å². The second-order valence-corrected chi connectivity index (χ2v) is 7.27. The number of hydrogen-bond acceptors (Lipinski definition) is 4. The molecule has 0 saturated heterocycles. The standard InChI is InChI=1S/C22H26ClNO4/c1-15(2)21(17-6-8-18(23)9-7-17)22(26)28-14-20(25)24-13-12-16-4-10-19(27-3)11-5-16/h4-11,15,21H,12-14H2,1-3H3,(H,24,25)/t21-/m0/s1. The highest BCUT2D eigenvalue weighted by atomic mass is 35.5. The first-order valence-corrected chi connectivity index (χ1v) is 9.60. The third-order valence-corrected chi connectivity index (χ3v) is 4.64. The van der Waals surface area contributed by atoms with Crippen LogP contribution < -0.4 is 10.1 Å². The molecule has 0 unspecified atom stereocenters. The third kappa shape index (κ3) is 6.57. The van der Waals surface area contributed by atoms with E-state index in [-0.39, 0.29) is 18.4 Å². The van der Waals surface area contributed by atoms with E-state index in [0.29, 0.717) is 18.0 Å². The van der Waals surface area contributed by atoms with Crippen LogP contribution in [-0.4, -0.2) is 32.1 Å². The van der Waals surface area contributed by atoms with E-state index in [1.807, 2.05) is 50.2 Å². The predicted molar refractivity (Wildman–Crippen MR) is 110 cm³/mol. The average molecular weight is 404 g/mol. The monoisotopic (exact) mass is 403 g/mol. The zero-order chi connectivity index (χ0) is 20.5. The minimum Gasteiger partial charge on any atom is -0.497 e. The van der Waals surface area contributed by atoms with E-state index >= 15 is 0 Å². The molecule has 2 rings (SSSR count). The molecule has 150 valence electrons. The van der Waals surface area contributed by atoms with Gasteiger partial charge in [-0.25, -0.2) is 0 Å². The number of rotatable bonds is 9. The highest BCUT2D eigenvalue weighted by Gasteiger charge is 2.26. The Bertz CT molecular complexity index is 772. The van der Waals surface area contributed by atoms with Gasteiger partial charge < -0.3 is 14.8 Å². The molecule has 2 aromatic carbocycles. The molecule has 0 aliphatic carbocycles. The number of amides is 1. The second kappa shape index (κ2) is 10.7. The zero-order valence-corrected chi connectivity index (χ0v) is 17.2. The molecule has 28 heavy (non-hydrogen) atoms. The molecular weight excluding hydrogens is 378 g/mol. The van der Waals surface area contributed by atoms with Gasteiger partial charge in [-0.15, -0.1) is 0 Å². The molecule has 0 fully saturated rings. The van der Waals surface area contributed by atoms with Crippen LogP contribution in [0, 0.1) is 5.92 Å². The molecule has 5 nitrogen and oxygen atoms in total. The lowest BCUT2D eigenvalue weighted by molar-refractivity contribution is -0.151. The molecule has 0 bridgehead atoms. The molecule has 0 aromatic heterocycles. The third-order valence-electron chi connectivity index (χ3n) is 4.39. The van der Waals surface area contributed by atoms with Crippen molar-refractivity contribution in [3.63, 3.8) is 0 Å². The van der Waals surface area contributed by atoms with Crippen molar-refractivity contribution in [1.29, 1.82) is 0 Å². The van der Waals surface area contributed by atoms with Gasteiger partial charge in [0.25, 0.3) is 5.91 Å². The largest absolute Gasteiger partial charge is 0.497 e. The topological polar surface area (TPSA) is 64.6 Å². The zero-order valence-electron chi connectivity index (χ0n) is 16.4. The fourth-order valence-electron chi connectivity index (χ4n) is 2.88. The van der Waals surface area contributed by atoms with Gasteiger partial charge in [0, 0.05) is 11.6 Å². The smallest absolute Gasteiger partial charge is 0.314 e. The number of carbonyl (C=O) groups excluding carboxylic acids is 2. The van der Waals surface area contributed by atoms with E-state index < -0.39 is 11.9 Å². The number of esters is 1. The van der Waals surface area contributed by atoms with Crippen LogP contribution in [0.2, 0.25) is 5.02 Å². The lowest BCUT2D eigenvalue weighted by Gasteiger charge is -2.20. The van der Waals surface area contributed by atoms with E-state index in [1.54, 1.807) is 19.2 Å². The summed E-state index contributed by atoms with van der Waals surface area (Å²) in [6, 6.07) is 14.8. The average Bonchev–Trinajstić information content (AvgIpc) is 2.68. The highest BCUT2D eigenvalue weighted by molar-refractivity contribution is 6.30. The van der Waals surface area contributed by atoms with Crippen LogP contribution in [0.5, 0.6) is 5.75 Å². The minimum atomic E-state index is -0.440. The molecule has 0 heterocycles. The lowest BCUT2D eigenvalue weighted by Crippen LogP contribution is -2.32. The van der Waals surface area contributed by atoms with E-state index in [1.165, 1.54) is 0 Å². The molecule has 1 atom stereocenters. The Morgan fingerprint density at radius 1 is 1.04 bits per heavy atom. The van der Waals surface area contributed by atoms with Crippen molar-refractivity contribution in [2.75, 3.05) is 20.3 Å².